The van der Waals surface area contributed by atoms with Gasteiger partial charge in [-0.05, 0) is 18.1 Å². The first-order chi connectivity index (χ1) is 8.01. The Morgan fingerprint density at radius 1 is 1.41 bits per heavy atom. The number of anilines is 1. The minimum absolute atomic E-state index is 0.158. The number of methoxy groups -OCH3 is 1. The van der Waals surface area contributed by atoms with Crippen LogP contribution < -0.4 is 15.4 Å². The fourth-order valence-electron chi connectivity index (χ4n) is 1.99. The van der Waals surface area contributed by atoms with Crippen LogP contribution in [0.2, 0.25) is 0 Å². The molecule has 0 saturated heterocycles. The molecule has 0 radical (unpaired) electrons. The summed E-state index contributed by atoms with van der Waals surface area (Å²) >= 11 is 0. The maximum Gasteiger partial charge on any atom is 0.142 e. The highest BCUT2D eigenvalue weighted by Crippen LogP contribution is 2.30. The minimum atomic E-state index is -0.271. The third-order valence-corrected chi connectivity index (χ3v) is 3.03. The number of rotatable bonds is 5. The molecule has 1 atom stereocenters. The molecule has 0 fully saturated rings. The van der Waals surface area contributed by atoms with Gasteiger partial charge in [0.1, 0.15) is 11.6 Å². The van der Waals surface area contributed by atoms with Crippen molar-refractivity contribution in [2.75, 3.05) is 25.6 Å². The van der Waals surface area contributed by atoms with Crippen molar-refractivity contribution >= 4 is 5.69 Å². The molecule has 1 rings (SSSR count). The normalized spacial score (nSPS) is 12.6. The van der Waals surface area contributed by atoms with Gasteiger partial charge in [0.05, 0.1) is 12.8 Å². The van der Waals surface area contributed by atoms with Crippen LogP contribution in [0.25, 0.3) is 0 Å². The summed E-state index contributed by atoms with van der Waals surface area (Å²) in [6, 6.07) is 4.66. The Morgan fingerprint density at radius 2 is 2.06 bits per heavy atom. The van der Waals surface area contributed by atoms with Crippen molar-refractivity contribution in [2.45, 2.75) is 19.9 Å². The van der Waals surface area contributed by atoms with E-state index < -0.39 is 0 Å². The number of hydrogen-bond acceptors (Lipinski definition) is 3. The summed E-state index contributed by atoms with van der Waals surface area (Å²) < 4.78 is 18.5. The zero-order chi connectivity index (χ0) is 13.0. The molecule has 0 spiro atoms. The molecule has 96 valence electrons. The van der Waals surface area contributed by atoms with Crippen LogP contribution in [-0.4, -0.2) is 26.7 Å². The van der Waals surface area contributed by atoms with E-state index in [1.54, 1.807) is 13.2 Å². The summed E-state index contributed by atoms with van der Waals surface area (Å²) in [6.07, 6.45) is 0. The van der Waals surface area contributed by atoms with Crippen LogP contribution in [-0.2, 0) is 0 Å². The molecule has 4 heteroatoms. The van der Waals surface area contributed by atoms with Gasteiger partial charge in [0.2, 0.25) is 0 Å². The fourth-order valence-corrected chi connectivity index (χ4v) is 1.99. The number of hydrogen-bond donors (Lipinski definition) is 1. The number of nitrogens with zero attached hydrogens (tertiary/aromatic N) is 1. The van der Waals surface area contributed by atoms with Crippen molar-refractivity contribution in [1.82, 2.24) is 0 Å². The van der Waals surface area contributed by atoms with Crippen LogP contribution in [0.3, 0.4) is 0 Å². The molecule has 0 bridgehead atoms. The largest absolute Gasteiger partial charge is 0.495 e. The van der Waals surface area contributed by atoms with E-state index in [0.29, 0.717) is 18.2 Å². The van der Waals surface area contributed by atoms with Gasteiger partial charge < -0.3 is 15.4 Å². The van der Waals surface area contributed by atoms with Gasteiger partial charge in [-0.25, -0.2) is 4.39 Å². The van der Waals surface area contributed by atoms with Crippen LogP contribution in [0.4, 0.5) is 10.1 Å². The van der Waals surface area contributed by atoms with Crippen molar-refractivity contribution in [3.8, 4) is 5.75 Å². The van der Waals surface area contributed by atoms with Crippen LogP contribution in [0, 0.1) is 11.7 Å². The second kappa shape index (κ2) is 5.87. The smallest absolute Gasteiger partial charge is 0.142 e. The van der Waals surface area contributed by atoms with Gasteiger partial charge in [0.25, 0.3) is 0 Å². The van der Waals surface area contributed by atoms with E-state index in [1.165, 1.54) is 12.1 Å². The molecule has 1 unspecified atom stereocenters. The predicted molar refractivity (Wildman–Crippen MR) is 69.0 cm³/mol. The molecule has 0 aliphatic carbocycles. The molecule has 3 nitrogen and oxygen atoms in total. The Morgan fingerprint density at radius 3 is 2.53 bits per heavy atom. The third kappa shape index (κ3) is 3.09. The van der Waals surface area contributed by atoms with E-state index in [0.717, 1.165) is 5.69 Å². The van der Waals surface area contributed by atoms with Crippen molar-refractivity contribution < 1.29 is 9.13 Å². The summed E-state index contributed by atoms with van der Waals surface area (Å²) in [6.45, 7) is 4.72. The standard InChI is InChI=1S/C13H21FN2O/c1-9(2)12(8-15)16(3)11-7-10(14)5-6-13(11)17-4/h5-7,9,12H,8,15H2,1-4H3. The van der Waals surface area contributed by atoms with Crippen molar-refractivity contribution in [2.24, 2.45) is 11.7 Å². The quantitative estimate of drug-likeness (QED) is 0.858. The van der Waals surface area contributed by atoms with Crippen molar-refractivity contribution in [1.29, 1.82) is 0 Å². The first-order valence-corrected chi connectivity index (χ1v) is 5.77. The van der Waals surface area contributed by atoms with Crippen LogP contribution in [0.5, 0.6) is 5.75 Å². The number of likely N-dealkylation sites (N-methyl/N-ethyl adjacent to an activating group) is 1. The zero-order valence-electron chi connectivity index (χ0n) is 10.9. The van der Waals surface area contributed by atoms with Gasteiger partial charge in [-0.15, -0.1) is 0 Å². The average Bonchev–Trinajstić information content (AvgIpc) is 2.29. The molecule has 1 aromatic rings. The molecule has 0 aliphatic rings. The molecule has 0 aromatic heterocycles. The highest BCUT2D eigenvalue weighted by molar-refractivity contribution is 5.59. The van der Waals surface area contributed by atoms with Crippen LogP contribution in [0.15, 0.2) is 18.2 Å². The lowest BCUT2D eigenvalue weighted by atomic mass is 10.0. The highest BCUT2D eigenvalue weighted by atomic mass is 19.1. The topological polar surface area (TPSA) is 38.5 Å². The Hall–Kier alpha value is -1.29. The summed E-state index contributed by atoms with van der Waals surface area (Å²) in [5, 5.41) is 0. The number of halogens is 1. The molecule has 0 aliphatic heterocycles. The first-order valence-electron chi connectivity index (χ1n) is 5.77. The minimum Gasteiger partial charge on any atom is -0.495 e. The Balaban J connectivity index is 3.08. The van der Waals surface area contributed by atoms with Gasteiger partial charge in [-0.2, -0.15) is 0 Å². The maximum absolute atomic E-state index is 13.3. The highest BCUT2D eigenvalue weighted by Gasteiger charge is 2.20. The first kappa shape index (κ1) is 13.8. The summed E-state index contributed by atoms with van der Waals surface area (Å²) in [5.41, 5.74) is 6.50. The molecule has 0 heterocycles. The number of nitrogens with two attached hydrogens (primary N) is 1. The average molecular weight is 240 g/mol. The van der Waals surface area contributed by atoms with E-state index in [9.17, 15) is 4.39 Å². The van der Waals surface area contributed by atoms with Crippen LogP contribution in [0.1, 0.15) is 13.8 Å². The lowest BCUT2D eigenvalue weighted by Gasteiger charge is -2.33. The van der Waals surface area contributed by atoms with E-state index in [2.05, 4.69) is 13.8 Å². The predicted octanol–water partition coefficient (Wildman–Crippen LogP) is 2.25. The van der Waals surface area contributed by atoms with Gasteiger partial charge in [-0.3, -0.25) is 0 Å². The van der Waals surface area contributed by atoms with Crippen molar-refractivity contribution in [3.05, 3.63) is 24.0 Å². The van der Waals surface area contributed by atoms with Crippen molar-refractivity contribution in [3.63, 3.8) is 0 Å². The fraction of sp³-hybridized carbons (Fsp3) is 0.538. The summed E-state index contributed by atoms with van der Waals surface area (Å²) in [4.78, 5) is 1.98. The Bertz CT molecular complexity index is 368. The lowest BCUT2D eigenvalue weighted by molar-refractivity contribution is 0.408. The van der Waals surface area contributed by atoms with E-state index >= 15 is 0 Å². The van der Waals surface area contributed by atoms with Gasteiger partial charge >= 0.3 is 0 Å². The second-order valence-corrected chi connectivity index (χ2v) is 4.47. The van der Waals surface area contributed by atoms with Crippen LogP contribution >= 0.6 is 0 Å². The van der Waals surface area contributed by atoms with E-state index in [-0.39, 0.29) is 11.9 Å². The number of ether oxygens (including phenoxy) is 1. The monoisotopic (exact) mass is 240 g/mol. The Kier molecular flexibility index (Phi) is 4.75. The Labute approximate surface area is 102 Å². The van der Waals surface area contributed by atoms with Gasteiger partial charge in [0.15, 0.2) is 0 Å². The van der Waals surface area contributed by atoms with Gasteiger partial charge in [-0.1, -0.05) is 13.8 Å². The molecule has 1 aromatic carbocycles. The molecular formula is C13H21FN2O. The molecule has 17 heavy (non-hydrogen) atoms. The second-order valence-electron chi connectivity index (χ2n) is 4.47. The zero-order valence-corrected chi connectivity index (χ0v) is 10.9. The third-order valence-electron chi connectivity index (χ3n) is 3.03. The van der Waals surface area contributed by atoms with E-state index in [4.69, 9.17) is 10.5 Å². The SMILES string of the molecule is COc1ccc(F)cc1N(C)C(CN)C(C)C. The molecule has 0 saturated carbocycles. The molecule has 0 amide bonds. The lowest BCUT2D eigenvalue weighted by Crippen LogP contribution is -2.42. The van der Waals surface area contributed by atoms with Gasteiger partial charge in [0, 0.05) is 25.7 Å². The van der Waals surface area contributed by atoms with E-state index in [1.807, 2.05) is 11.9 Å². The maximum atomic E-state index is 13.3. The molecule has 2 N–H and O–H groups in total. The summed E-state index contributed by atoms with van der Waals surface area (Å²) in [7, 11) is 3.49. The summed E-state index contributed by atoms with van der Waals surface area (Å²) in [5.74, 6) is 0.776. The molecular weight excluding hydrogens is 219 g/mol. The number of benzene rings is 1.